The molecule has 1 heterocycles. The van der Waals surface area contributed by atoms with Gasteiger partial charge >= 0.3 is 0 Å². The highest BCUT2D eigenvalue weighted by Crippen LogP contribution is 2.25. The third-order valence-corrected chi connectivity index (χ3v) is 4.03. The highest BCUT2D eigenvalue weighted by molar-refractivity contribution is 5.91. The van der Waals surface area contributed by atoms with Crippen LogP contribution in [0.3, 0.4) is 0 Å². The summed E-state index contributed by atoms with van der Waals surface area (Å²) in [5, 5.41) is 2.79. The third-order valence-electron chi connectivity index (χ3n) is 4.03. The molecule has 1 atom stereocenters. The van der Waals surface area contributed by atoms with Crippen molar-refractivity contribution >= 4 is 11.6 Å². The van der Waals surface area contributed by atoms with Crippen molar-refractivity contribution in [3.8, 4) is 17.2 Å². The number of rotatable bonds is 8. The Morgan fingerprint density at radius 1 is 1.12 bits per heavy atom. The first-order valence-corrected chi connectivity index (χ1v) is 8.65. The van der Waals surface area contributed by atoms with Crippen molar-refractivity contribution in [1.29, 1.82) is 0 Å². The Hall–Kier alpha value is -2.73. The van der Waals surface area contributed by atoms with Crippen LogP contribution in [-0.4, -0.2) is 38.9 Å². The van der Waals surface area contributed by atoms with Crippen molar-refractivity contribution in [2.24, 2.45) is 0 Å². The third kappa shape index (κ3) is 5.13. The van der Waals surface area contributed by atoms with Crippen LogP contribution in [0.2, 0.25) is 0 Å². The van der Waals surface area contributed by atoms with Gasteiger partial charge in [0.05, 0.1) is 13.2 Å². The zero-order chi connectivity index (χ0) is 18.2. The number of methoxy groups -OCH3 is 1. The maximum atomic E-state index is 12.0. The minimum Gasteiger partial charge on any atom is -0.493 e. The summed E-state index contributed by atoms with van der Waals surface area (Å²) in [7, 11) is 1.56. The topological polar surface area (TPSA) is 66.0 Å². The second kappa shape index (κ2) is 9.10. The highest BCUT2D eigenvalue weighted by atomic mass is 16.5. The lowest BCUT2D eigenvalue weighted by Gasteiger charge is -2.12. The number of para-hydroxylation sites is 2. The Morgan fingerprint density at radius 3 is 2.58 bits per heavy atom. The highest BCUT2D eigenvalue weighted by Gasteiger charge is 2.16. The maximum Gasteiger partial charge on any atom is 0.262 e. The van der Waals surface area contributed by atoms with Gasteiger partial charge in [0, 0.05) is 12.3 Å². The van der Waals surface area contributed by atoms with Crippen molar-refractivity contribution in [3.05, 3.63) is 48.5 Å². The van der Waals surface area contributed by atoms with Gasteiger partial charge < -0.3 is 24.3 Å². The van der Waals surface area contributed by atoms with Gasteiger partial charge in [0.15, 0.2) is 18.1 Å². The van der Waals surface area contributed by atoms with Crippen molar-refractivity contribution in [3.63, 3.8) is 0 Å². The van der Waals surface area contributed by atoms with Crippen LogP contribution in [0.25, 0.3) is 0 Å². The van der Waals surface area contributed by atoms with E-state index in [1.165, 1.54) is 0 Å². The molecule has 0 saturated carbocycles. The maximum absolute atomic E-state index is 12.0. The number of benzene rings is 2. The van der Waals surface area contributed by atoms with E-state index >= 15 is 0 Å². The van der Waals surface area contributed by atoms with Crippen molar-refractivity contribution in [1.82, 2.24) is 0 Å². The molecule has 6 nitrogen and oxygen atoms in total. The summed E-state index contributed by atoms with van der Waals surface area (Å²) in [6, 6.07) is 14.4. The average Bonchev–Trinajstić information content (AvgIpc) is 3.20. The van der Waals surface area contributed by atoms with Crippen molar-refractivity contribution < 1.29 is 23.7 Å². The van der Waals surface area contributed by atoms with E-state index in [1.807, 2.05) is 24.3 Å². The van der Waals surface area contributed by atoms with Crippen molar-refractivity contribution in [2.75, 3.05) is 32.2 Å². The van der Waals surface area contributed by atoms with Gasteiger partial charge in [-0.25, -0.2) is 0 Å². The summed E-state index contributed by atoms with van der Waals surface area (Å²) in [5.74, 6) is 1.63. The predicted molar refractivity (Wildman–Crippen MR) is 98.0 cm³/mol. The van der Waals surface area contributed by atoms with Gasteiger partial charge in [0.1, 0.15) is 12.4 Å². The molecule has 0 radical (unpaired) electrons. The molecule has 1 saturated heterocycles. The van der Waals surface area contributed by atoms with Crippen LogP contribution >= 0.6 is 0 Å². The molecule has 1 N–H and O–H groups in total. The quantitative estimate of drug-likeness (QED) is 0.785. The molecule has 3 rings (SSSR count). The number of amides is 1. The minimum absolute atomic E-state index is 0.0996. The summed E-state index contributed by atoms with van der Waals surface area (Å²) in [6.45, 7) is 1.27. The van der Waals surface area contributed by atoms with Gasteiger partial charge in [-0.15, -0.1) is 0 Å². The number of hydrogen-bond acceptors (Lipinski definition) is 5. The van der Waals surface area contributed by atoms with Crippen LogP contribution in [0.1, 0.15) is 12.8 Å². The molecular weight excluding hydrogens is 334 g/mol. The van der Waals surface area contributed by atoms with Gasteiger partial charge in [0.25, 0.3) is 5.91 Å². The molecule has 6 heteroatoms. The Morgan fingerprint density at radius 2 is 1.88 bits per heavy atom. The van der Waals surface area contributed by atoms with Crippen molar-refractivity contribution in [2.45, 2.75) is 18.9 Å². The summed E-state index contributed by atoms with van der Waals surface area (Å²) in [6.07, 6.45) is 2.32. The Bertz CT molecular complexity index is 710. The Labute approximate surface area is 153 Å². The first-order chi connectivity index (χ1) is 12.7. The summed E-state index contributed by atoms with van der Waals surface area (Å²) >= 11 is 0. The normalized spacial score (nSPS) is 16.1. The second-order valence-corrected chi connectivity index (χ2v) is 5.96. The molecule has 0 aromatic heterocycles. The zero-order valence-electron chi connectivity index (χ0n) is 14.8. The standard InChI is InChI=1S/C20H23NO5/c1-23-18-6-2-3-7-19(18)26-14-20(22)21-15-8-10-16(11-9-15)25-13-17-5-4-12-24-17/h2-3,6-11,17H,4-5,12-14H2,1H3,(H,21,22)/t17-/m1/s1. The molecule has 1 aliphatic heterocycles. The number of hydrogen-bond donors (Lipinski definition) is 1. The molecule has 1 fully saturated rings. The van der Waals surface area contributed by atoms with Crippen LogP contribution < -0.4 is 19.5 Å². The van der Waals surface area contributed by atoms with Crippen LogP contribution in [0.5, 0.6) is 17.2 Å². The molecule has 1 amide bonds. The first kappa shape index (κ1) is 18.1. The first-order valence-electron chi connectivity index (χ1n) is 8.65. The minimum atomic E-state index is -0.246. The van der Waals surface area contributed by atoms with Gasteiger partial charge in [-0.2, -0.15) is 0 Å². The molecule has 0 spiro atoms. The molecule has 2 aromatic carbocycles. The largest absolute Gasteiger partial charge is 0.493 e. The predicted octanol–water partition coefficient (Wildman–Crippen LogP) is 3.27. The van der Waals surface area contributed by atoms with Gasteiger partial charge in [-0.05, 0) is 49.2 Å². The molecule has 2 aromatic rings. The molecule has 26 heavy (non-hydrogen) atoms. The summed E-state index contributed by atoms with van der Waals surface area (Å²) in [4.78, 5) is 12.0. The molecule has 1 aliphatic rings. The van der Waals surface area contributed by atoms with E-state index in [2.05, 4.69) is 5.32 Å². The summed E-state index contributed by atoms with van der Waals surface area (Å²) < 4.78 is 21.9. The number of anilines is 1. The molecular formula is C20H23NO5. The van der Waals surface area contributed by atoms with E-state index in [4.69, 9.17) is 18.9 Å². The van der Waals surface area contributed by atoms with Gasteiger partial charge in [-0.3, -0.25) is 4.79 Å². The van der Waals surface area contributed by atoms with E-state index in [-0.39, 0.29) is 18.6 Å². The Kier molecular flexibility index (Phi) is 6.33. The Balaban J connectivity index is 1.45. The number of ether oxygens (including phenoxy) is 4. The lowest BCUT2D eigenvalue weighted by Crippen LogP contribution is -2.20. The fourth-order valence-corrected chi connectivity index (χ4v) is 2.68. The molecule has 0 bridgehead atoms. The number of carbonyl (C=O) groups is 1. The van der Waals surface area contributed by atoms with Gasteiger partial charge in [0.2, 0.25) is 0 Å². The smallest absolute Gasteiger partial charge is 0.262 e. The van der Waals surface area contributed by atoms with Gasteiger partial charge in [-0.1, -0.05) is 12.1 Å². The van der Waals surface area contributed by atoms with E-state index in [9.17, 15) is 4.79 Å². The average molecular weight is 357 g/mol. The SMILES string of the molecule is COc1ccccc1OCC(=O)Nc1ccc(OC[C@H]2CCCO2)cc1. The summed E-state index contributed by atoms with van der Waals surface area (Å²) in [5.41, 5.74) is 0.683. The van der Waals surface area contributed by atoms with E-state index in [0.29, 0.717) is 23.8 Å². The van der Waals surface area contributed by atoms with E-state index < -0.39 is 0 Å². The molecule has 0 unspecified atom stereocenters. The van der Waals surface area contributed by atoms with Crippen LogP contribution in [-0.2, 0) is 9.53 Å². The lowest BCUT2D eigenvalue weighted by molar-refractivity contribution is -0.118. The van der Waals surface area contributed by atoms with E-state index in [1.54, 1.807) is 31.4 Å². The molecule has 0 aliphatic carbocycles. The zero-order valence-corrected chi connectivity index (χ0v) is 14.8. The molecule has 138 valence electrons. The fraction of sp³-hybridized carbons (Fsp3) is 0.350. The number of carbonyl (C=O) groups excluding carboxylic acids is 1. The van der Waals surface area contributed by atoms with E-state index in [0.717, 1.165) is 25.2 Å². The second-order valence-electron chi connectivity index (χ2n) is 5.96. The fourth-order valence-electron chi connectivity index (χ4n) is 2.68. The number of nitrogens with one attached hydrogen (secondary N) is 1. The lowest BCUT2D eigenvalue weighted by atomic mass is 10.2. The van der Waals surface area contributed by atoms with Crippen LogP contribution in [0, 0.1) is 0 Å². The van der Waals surface area contributed by atoms with Crippen LogP contribution in [0.4, 0.5) is 5.69 Å². The van der Waals surface area contributed by atoms with Crippen LogP contribution in [0.15, 0.2) is 48.5 Å². The monoisotopic (exact) mass is 357 g/mol.